The maximum Gasteiger partial charge on any atom is 0.335 e. The summed E-state index contributed by atoms with van der Waals surface area (Å²) in [4.78, 5) is 58.2. The highest BCUT2D eigenvalue weighted by molar-refractivity contribution is 8.18. The Morgan fingerprint density at radius 3 is 2.24 bits per heavy atom. The molecule has 11 heteroatoms. The fraction of sp³-hybridized carbons (Fsp3) is 0.0556. The Balaban J connectivity index is 1.92. The SMILES string of the molecule is NC(=O)CN1C(=O)S/C(=C\c2ccc(-c3cc(C(=O)O)cc(C(=O)O)c3)o2)C1=O. The number of thioether (sulfide) groups is 1. The summed E-state index contributed by atoms with van der Waals surface area (Å²) < 4.78 is 5.55. The van der Waals surface area contributed by atoms with Crippen molar-refractivity contribution in [1.29, 1.82) is 0 Å². The number of carboxylic acid groups (broad SMARTS) is 2. The van der Waals surface area contributed by atoms with Crippen LogP contribution in [0.25, 0.3) is 17.4 Å². The van der Waals surface area contributed by atoms with Crippen molar-refractivity contribution in [2.75, 3.05) is 6.54 Å². The van der Waals surface area contributed by atoms with Crippen LogP contribution >= 0.6 is 11.8 Å². The summed E-state index contributed by atoms with van der Waals surface area (Å²) in [5.74, 6) is -3.80. The first-order valence-corrected chi connectivity index (χ1v) is 8.73. The third kappa shape index (κ3) is 4.19. The fourth-order valence-corrected chi connectivity index (χ4v) is 3.34. The number of primary amides is 1. The van der Waals surface area contributed by atoms with Crippen molar-refractivity contribution in [1.82, 2.24) is 4.90 Å². The highest BCUT2D eigenvalue weighted by Crippen LogP contribution is 2.33. The molecule has 1 aliphatic rings. The van der Waals surface area contributed by atoms with Gasteiger partial charge in [-0.2, -0.15) is 0 Å². The number of imide groups is 1. The highest BCUT2D eigenvalue weighted by Gasteiger charge is 2.36. The lowest BCUT2D eigenvalue weighted by atomic mass is 10.0. The molecule has 1 aromatic heterocycles. The van der Waals surface area contributed by atoms with Crippen LogP contribution in [-0.4, -0.2) is 50.6 Å². The van der Waals surface area contributed by atoms with Gasteiger partial charge in [0.1, 0.15) is 18.1 Å². The van der Waals surface area contributed by atoms with Gasteiger partial charge >= 0.3 is 11.9 Å². The summed E-state index contributed by atoms with van der Waals surface area (Å²) in [6, 6.07) is 6.44. The Labute approximate surface area is 166 Å². The second-order valence-electron chi connectivity index (χ2n) is 5.85. The Kier molecular flexibility index (Phi) is 5.24. The Hall–Kier alpha value is -3.86. The van der Waals surface area contributed by atoms with Crippen molar-refractivity contribution in [3.8, 4) is 11.3 Å². The summed E-state index contributed by atoms with van der Waals surface area (Å²) in [6.45, 7) is -0.536. The van der Waals surface area contributed by atoms with E-state index in [1.165, 1.54) is 30.3 Å². The molecule has 148 valence electrons. The Morgan fingerprint density at radius 2 is 1.69 bits per heavy atom. The van der Waals surface area contributed by atoms with Gasteiger partial charge in [-0.3, -0.25) is 19.3 Å². The molecule has 2 aromatic rings. The summed E-state index contributed by atoms with van der Waals surface area (Å²) in [6.07, 6.45) is 1.29. The molecular formula is C18H12N2O8S. The van der Waals surface area contributed by atoms with E-state index in [0.717, 1.165) is 6.07 Å². The molecule has 3 rings (SSSR count). The number of carbonyl (C=O) groups is 5. The van der Waals surface area contributed by atoms with Crippen LogP contribution in [0.3, 0.4) is 0 Å². The van der Waals surface area contributed by atoms with E-state index in [9.17, 15) is 24.0 Å². The van der Waals surface area contributed by atoms with Crippen molar-refractivity contribution in [3.05, 3.63) is 52.1 Å². The molecule has 29 heavy (non-hydrogen) atoms. The van der Waals surface area contributed by atoms with Crippen LogP contribution in [0.1, 0.15) is 26.5 Å². The number of hydrogen-bond acceptors (Lipinski definition) is 7. The standard InChI is InChI=1S/C18H12N2O8S/c19-14(21)7-20-15(22)13(29-18(20)27)6-11-1-2-12(28-11)8-3-9(16(23)24)5-10(4-8)17(25)26/h1-6H,7H2,(H2,19,21)(H,23,24)(H,25,26)/b13-6-. The van der Waals surface area contributed by atoms with Gasteiger partial charge in [0.2, 0.25) is 5.91 Å². The molecule has 0 bridgehead atoms. The van der Waals surface area contributed by atoms with Gasteiger partial charge in [-0.25, -0.2) is 9.59 Å². The number of rotatable bonds is 6. The van der Waals surface area contributed by atoms with Crippen LogP contribution in [-0.2, 0) is 9.59 Å². The second kappa shape index (κ2) is 7.64. The Morgan fingerprint density at radius 1 is 1.07 bits per heavy atom. The monoisotopic (exact) mass is 416 g/mol. The first-order valence-electron chi connectivity index (χ1n) is 7.91. The van der Waals surface area contributed by atoms with Crippen LogP contribution < -0.4 is 5.73 Å². The van der Waals surface area contributed by atoms with Crippen molar-refractivity contribution in [2.24, 2.45) is 5.73 Å². The van der Waals surface area contributed by atoms with Crippen LogP contribution in [0.2, 0.25) is 0 Å². The number of nitrogens with two attached hydrogens (primary N) is 1. The molecule has 0 radical (unpaired) electrons. The van der Waals surface area contributed by atoms with E-state index in [1.807, 2.05) is 0 Å². The number of carboxylic acids is 2. The topological polar surface area (TPSA) is 168 Å². The fourth-order valence-electron chi connectivity index (χ4n) is 2.52. The average Bonchev–Trinajstić information content (AvgIpc) is 3.21. The molecule has 1 fully saturated rings. The number of benzene rings is 1. The minimum atomic E-state index is -1.30. The second-order valence-corrected chi connectivity index (χ2v) is 6.84. The minimum Gasteiger partial charge on any atom is -0.478 e. The third-order valence-electron chi connectivity index (χ3n) is 3.80. The van der Waals surface area contributed by atoms with E-state index < -0.39 is 35.5 Å². The molecule has 0 spiro atoms. The minimum absolute atomic E-state index is 0.0164. The van der Waals surface area contributed by atoms with E-state index in [4.69, 9.17) is 20.4 Å². The summed E-state index contributed by atoms with van der Waals surface area (Å²) >= 11 is 0.612. The van der Waals surface area contributed by atoms with E-state index >= 15 is 0 Å². The zero-order valence-corrected chi connectivity index (χ0v) is 15.3. The largest absolute Gasteiger partial charge is 0.478 e. The maximum absolute atomic E-state index is 12.2. The van der Waals surface area contributed by atoms with Crippen LogP contribution in [0, 0.1) is 0 Å². The third-order valence-corrected chi connectivity index (χ3v) is 4.71. The first-order chi connectivity index (χ1) is 13.7. The lowest BCUT2D eigenvalue weighted by Crippen LogP contribution is -2.36. The predicted octanol–water partition coefficient (Wildman–Crippen LogP) is 1.86. The molecule has 3 amide bonds. The van der Waals surface area contributed by atoms with Gasteiger partial charge in [-0.15, -0.1) is 0 Å². The molecule has 1 saturated heterocycles. The van der Waals surface area contributed by atoms with Gasteiger partial charge in [0.25, 0.3) is 11.1 Å². The van der Waals surface area contributed by atoms with Gasteiger partial charge in [0, 0.05) is 11.6 Å². The first kappa shape index (κ1) is 19.9. The van der Waals surface area contributed by atoms with Gasteiger partial charge in [0.05, 0.1) is 16.0 Å². The number of carbonyl (C=O) groups excluding carboxylic acids is 3. The Bertz CT molecular complexity index is 1070. The predicted molar refractivity (Wildman–Crippen MR) is 99.9 cm³/mol. The van der Waals surface area contributed by atoms with Crippen molar-refractivity contribution >= 4 is 46.8 Å². The molecule has 0 aliphatic carbocycles. The number of aromatic carboxylic acids is 2. The highest BCUT2D eigenvalue weighted by atomic mass is 32.2. The molecular weight excluding hydrogens is 404 g/mol. The zero-order valence-electron chi connectivity index (χ0n) is 14.4. The van der Waals surface area contributed by atoms with Crippen molar-refractivity contribution in [2.45, 2.75) is 0 Å². The summed E-state index contributed by atoms with van der Waals surface area (Å²) in [5.41, 5.74) is 4.76. The van der Waals surface area contributed by atoms with Gasteiger partial charge in [-0.05, 0) is 42.1 Å². The summed E-state index contributed by atoms with van der Waals surface area (Å²) in [7, 11) is 0. The molecule has 1 aliphatic heterocycles. The van der Waals surface area contributed by atoms with E-state index in [1.54, 1.807) is 0 Å². The molecule has 2 heterocycles. The summed E-state index contributed by atoms with van der Waals surface area (Å²) in [5, 5.41) is 17.7. The maximum atomic E-state index is 12.2. The van der Waals surface area contributed by atoms with Gasteiger partial charge < -0.3 is 20.4 Å². The lowest BCUT2D eigenvalue weighted by molar-refractivity contribution is -0.127. The van der Waals surface area contributed by atoms with Gasteiger partial charge in [0.15, 0.2) is 0 Å². The van der Waals surface area contributed by atoms with Crippen LogP contribution in [0.5, 0.6) is 0 Å². The van der Waals surface area contributed by atoms with Crippen molar-refractivity contribution < 1.29 is 38.6 Å². The normalized spacial score (nSPS) is 15.2. The number of furan rings is 1. The average molecular weight is 416 g/mol. The molecule has 1 aromatic carbocycles. The number of amides is 3. The molecule has 10 nitrogen and oxygen atoms in total. The van der Waals surface area contributed by atoms with Gasteiger partial charge in [-0.1, -0.05) is 0 Å². The number of nitrogens with zero attached hydrogens (tertiary/aromatic N) is 1. The zero-order chi connectivity index (χ0) is 21.3. The molecule has 0 atom stereocenters. The molecule has 0 saturated carbocycles. The molecule has 4 N–H and O–H groups in total. The van der Waals surface area contributed by atoms with Crippen LogP contribution in [0.15, 0.2) is 39.7 Å². The number of hydrogen-bond donors (Lipinski definition) is 3. The van der Waals surface area contributed by atoms with Crippen molar-refractivity contribution in [3.63, 3.8) is 0 Å². The van der Waals surface area contributed by atoms with Crippen LogP contribution in [0.4, 0.5) is 4.79 Å². The lowest BCUT2D eigenvalue weighted by Gasteiger charge is -2.08. The molecule has 0 unspecified atom stereocenters. The van der Waals surface area contributed by atoms with E-state index in [0.29, 0.717) is 16.7 Å². The van der Waals surface area contributed by atoms with E-state index in [-0.39, 0.29) is 33.1 Å². The smallest absolute Gasteiger partial charge is 0.335 e. The quantitative estimate of drug-likeness (QED) is 0.595. The van der Waals surface area contributed by atoms with E-state index in [2.05, 4.69) is 0 Å².